The lowest BCUT2D eigenvalue weighted by Gasteiger charge is -2.23. The Bertz CT molecular complexity index is 1800. The third-order valence-corrected chi connectivity index (χ3v) is 11.2. The number of carbonyl (C=O) groups is 9. The molecule has 0 radical (unpaired) electrons. The molecule has 59 heavy (non-hydrogen) atoms. The second kappa shape index (κ2) is 21.1. The second-order valence-electron chi connectivity index (χ2n) is 15.4. The largest absolute Gasteiger partial charge is 0.480 e. The van der Waals surface area contributed by atoms with Gasteiger partial charge in [0.25, 0.3) is 0 Å². The maximum Gasteiger partial charge on any atom is 0.409 e. The summed E-state index contributed by atoms with van der Waals surface area (Å²) < 4.78 is 5.30. The molecule has 1 aromatic carbocycles. The number of allylic oxidation sites excluding steroid dienone is 2. The summed E-state index contributed by atoms with van der Waals surface area (Å²) in [6, 6.07) is 3.60. The quantitative estimate of drug-likeness (QED) is 0.0552. The Balaban J connectivity index is 1.16. The number of likely N-dealkylation sites (tertiary alicyclic amines) is 1. The smallest absolute Gasteiger partial charge is 0.409 e. The van der Waals surface area contributed by atoms with Crippen molar-refractivity contribution in [3.8, 4) is 0 Å². The third kappa shape index (κ3) is 12.5. The molecule has 1 saturated carbocycles. The van der Waals surface area contributed by atoms with Crippen LogP contribution in [0.5, 0.6) is 0 Å². The Morgan fingerprint density at radius 2 is 1.63 bits per heavy atom. The Kier molecular flexibility index (Phi) is 16.4. The maximum absolute atomic E-state index is 13.3. The van der Waals surface area contributed by atoms with E-state index in [2.05, 4.69) is 27.3 Å². The van der Waals surface area contributed by atoms with Crippen molar-refractivity contribution in [1.29, 1.82) is 0 Å². The number of rotatable bonds is 22. The van der Waals surface area contributed by atoms with E-state index in [1.54, 1.807) is 24.3 Å². The van der Waals surface area contributed by atoms with Gasteiger partial charge in [-0.1, -0.05) is 30.2 Å². The van der Waals surface area contributed by atoms with E-state index in [0.717, 1.165) is 11.3 Å². The Hall–Kier alpha value is -6.01. The van der Waals surface area contributed by atoms with Crippen molar-refractivity contribution >= 4 is 59.2 Å². The predicted molar refractivity (Wildman–Crippen MR) is 212 cm³/mol. The highest BCUT2D eigenvalue weighted by molar-refractivity contribution is 6.06. The normalized spacial score (nSPS) is 19.9. The number of fused-ring (bicyclic) bond motifs is 5. The molecule has 1 heterocycles. The summed E-state index contributed by atoms with van der Waals surface area (Å²) in [6.07, 6.45) is 4.47. The summed E-state index contributed by atoms with van der Waals surface area (Å²) in [6.45, 7) is 3.41. The first-order chi connectivity index (χ1) is 28.0. The number of nitrogens with two attached hydrogens (primary N) is 1. The van der Waals surface area contributed by atoms with Crippen LogP contribution in [0.15, 0.2) is 35.9 Å². The van der Waals surface area contributed by atoms with Gasteiger partial charge in [-0.3, -0.25) is 33.7 Å². The van der Waals surface area contributed by atoms with Crippen molar-refractivity contribution in [1.82, 2.24) is 30.7 Å². The number of benzene rings is 1. The zero-order valence-corrected chi connectivity index (χ0v) is 34.0. The molecular formula is C40H56N8O11. The van der Waals surface area contributed by atoms with Crippen LogP contribution in [0.1, 0.15) is 70.8 Å². The van der Waals surface area contributed by atoms with Crippen molar-refractivity contribution in [2.75, 3.05) is 45.6 Å². The van der Waals surface area contributed by atoms with Crippen LogP contribution >= 0.6 is 0 Å². The van der Waals surface area contributed by atoms with Crippen molar-refractivity contribution in [2.45, 2.75) is 83.9 Å². The van der Waals surface area contributed by atoms with Gasteiger partial charge in [-0.15, -0.1) is 0 Å². The summed E-state index contributed by atoms with van der Waals surface area (Å²) >= 11 is 0. The zero-order valence-electron chi connectivity index (χ0n) is 34.0. The molecular weight excluding hydrogens is 768 g/mol. The van der Waals surface area contributed by atoms with E-state index in [1.807, 2.05) is 6.92 Å². The second-order valence-corrected chi connectivity index (χ2v) is 15.4. The first kappa shape index (κ1) is 45.7. The fourth-order valence-corrected chi connectivity index (χ4v) is 7.67. The molecule has 19 heteroatoms. The Morgan fingerprint density at radius 3 is 2.31 bits per heavy atom. The highest BCUT2D eigenvalue weighted by atomic mass is 16.6. The van der Waals surface area contributed by atoms with Gasteiger partial charge in [0.15, 0.2) is 0 Å². The lowest BCUT2D eigenvalue weighted by Crippen LogP contribution is -2.47. The molecule has 2 aliphatic carbocycles. The molecule has 1 saturated heterocycles. The van der Waals surface area contributed by atoms with Gasteiger partial charge in [-0.05, 0) is 75.5 Å². The average Bonchev–Trinajstić information content (AvgIpc) is 3.84. The van der Waals surface area contributed by atoms with E-state index in [-0.39, 0.29) is 86.9 Å². The summed E-state index contributed by atoms with van der Waals surface area (Å²) in [5.41, 5.74) is 7.30. The number of hydrogen-bond donors (Lipinski definition) is 6. The number of hydrogen-bond acceptors (Lipinski definition) is 10. The van der Waals surface area contributed by atoms with Crippen LogP contribution in [0, 0.1) is 23.7 Å². The van der Waals surface area contributed by atoms with Crippen LogP contribution < -0.4 is 27.0 Å². The number of carboxylic acid groups (broad SMARTS) is 1. The van der Waals surface area contributed by atoms with Crippen molar-refractivity contribution < 1.29 is 53.0 Å². The average molecular weight is 825 g/mol. The molecule has 1 aliphatic heterocycles. The fourth-order valence-electron chi connectivity index (χ4n) is 7.67. The Labute approximate surface area is 342 Å². The molecule has 0 aromatic heterocycles. The predicted octanol–water partition coefficient (Wildman–Crippen LogP) is 1.32. The number of nitrogens with zero attached hydrogens (tertiary/aromatic N) is 3. The molecule has 4 rings (SSSR count). The molecule has 7 N–H and O–H groups in total. The molecule has 19 nitrogen and oxygen atoms in total. The van der Waals surface area contributed by atoms with Crippen LogP contribution in [0.25, 0.3) is 0 Å². The molecule has 5 unspecified atom stereocenters. The van der Waals surface area contributed by atoms with Gasteiger partial charge in [0.1, 0.15) is 18.7 Å². The van der Waals surface area contributed by atoms with Crippen LogP contribution in [-0.2, 0) is 44.9 Å². The monoisotopic (exact) mass is 824 g/mol. The summed E-state index contributed by atoms with van der Waals surface area (Å²) in [7, 11) is 2.82. The SMILES string of the molecule is CC1=CC2CC1C1C(=O)N(CCCCCC(=O)NCC(=O)NC(CCCNC(N)=O)C(=O)Nc3ccc(COC(=O)N(C)CCC(=O)N(C)[C@@H](C)C(=O)O)cc3)C(=O)C21. The van der Waals surface area contributed by atoms with Gasteiger partial charge in [-0.25, -0.2) is 14.4 Å². The minimum absolute atomic E-state index is 0.0101. The fraction of sp³-hybridized carbons (Fsp3) is 0.575. The molecule has 0 spiro atoms. The molecule has 2 bridgehead atoms. The maximum atomic E-state index is 13.3. The first-order valence-electron chi connectivity index (χ1n) is 19.9. The topological polar surface area (TPSA) is 267 Å². The minimum Gasteiger partial charge on any atom is -0.480 e. The number of aliphatic carboxylic acids is 1. The Morgan fingerprint density at radius 1 is 0.932 bits per heavy atom. The van der Waals surface area contributed by atoms with Gasteiger partial charge < -0.3 is 46.6 Å². The molecule has 9 amide bonds. The lowest BCUT2D eigenvalue weighted by molar-refractivity contribution is -0.148. The van der Waals surface area contributed by atoms with Gasteiger partial charge in [0.2, 0.25) is 35.4 Å². The number of primary amides is 1. The van der Waals surface area contributed by atoms with Crippen LogP contribution in [0.3, 0.4) is 0 Å². The van der Waals surface area contributed by atoms with Crippen LogP contribution in [0.2, 0.25) is 0 Å². The molecule has 1 aromatic rings. The van der Waals surface area contributed by atoms with Crippen molar-refractivity contribution in [2.24, 2.45) is 29.4 Å². The van der Waals surface area contributed by atoms with Crippen LogP contribution in [0.4, 0.5) is 15.3 Å². The number of unbranched alkanes of at least 4 members (excludes halogenated alkanes) is 2. The zero-order chi connectivity index (χ0) is 43.4. The number of imide groups is 1. The number of likely N-dealkylation sites (N-methyl/N-ethyl adjacent to an activating group) is 1. The van der Waals surface area contributed by atoms with Gasteiger partial charge in [-0.2, -0.15) is 0 Å². The number of amides is 9. The number of ether oxygens (including phenoxy) is 1. The molecule has 3 aliphatic rings. The van der Waals surface area contributed by atoms with E-state index < -0.39 is 47.9 Å². The highest BCUT2D eigenvalue weighted by Gasteiger charge is 2.60. The van der Waals surface area contributed by atoms with Gasteiger partial charge in [0, 0.05) is 52.3 Å². The van der Waals surface area contributed by atoms with E-state index in [9.17, 15) is 43.2 Å². The van der Waals surface area contributed by atoms with E-state index in [0.29, 0.717) is 43.5 Å². The summed E-state index contributed by atoms with van der Waals surface area (Å²) in [5, 5.41) is 19.4. The van der Waals surface area contributed by atoms with Gasteiger partial charge >= 0.3 is 18.1 Å². The number of nitrogens with one attached hydrogen (secondary N) is 4. The van der Waals surface area contributed by atoms with E-state index in [1.165, 1.54) is 36.4 Å². The highest BCUT2D eigenvalue weighted by Crippen LogP contribution is 2.55. The summed E-state index contributed by atoms with van der Waals surface area (Å²) in [4.78, 5) is 115. The van der Waals surface area contributed by atoms with Crippen LogP contribution in [-0.4, -0.2) is 126 Å². The number of urea groups is 1. The number of anilines is 1. The molecule has 2 fully saturated rings. The lowest BCUT2D eigenvalue weighted by atomic mass is 9.82. The van der Waals surface area contributed by atoms with Crippen molar-refractivity contribution in [3.63, 3.8) is 0 Å². The van der Waals surface area contributed by atoms with Gasteiger partial charge in [0.05, 0.1) is 18.4 Å². The molecule has 6 atom stereocenters. The summed E-state index contributed by atoms with van der Waals surface area (Å²) in [5.74, 6) is -3.42. The number of carbonyl (C=O) groups excluding carboxylic acids is 8. The number of carboxylic acids is 1. The van der Waals surface area contributed by atoms with E-state index >= 15 is 0 Å². The standard InChI is InChI=1S/C40H56N8O11/c1-23-19-26-20-28(23)34-33(26)36(53)48(37(34)54)17-7-5-6-10-30(49)43-21-31(50)45-29(9-8-16-42-39(41)57)35(52)44-27-13-11-25(12-14-27)22-59-40(58)46(3)18-15-32(51)47(4)24(2)38(55)56/h11-14,19,24,26,28-29,33-34H,5-10,15-18,20-22H2,1-4H3,(H,43,49)(H,44,52)(H,45,50)(H,55,56)(H3,41,42,57)/t24-,26?,28?,29?,33?,34?/m0/s1. The third-order valence-electron chi connectivity index (χ3n) is 11.2. The first-order valence-corrected chi connectivity index (χ1v) is 19.9. The van der Waals surface area contributed by atoms with E-state index in [4.69, 9.17) is 15.6 Å². The molecule has 322 valence electrons. The van der Waals surface area contributed by atoms with Crippen molar-refractivity contribution in [3.05, 3.63) is 41.5 Å². The minimum atomic E-state index is -1.14.